The van der Waals surface area contributed by atoms with Crippen molar-refractivity contribution >= 4 is 5.91 Å². The molecule has 4 heteroatoms. The number of hydrogen-bond acceptors (Lipinski definition) is 2. The molecule has 0 spiro atoms. The fraction of sp³-hybridized carbons (Fsp3) is 0.229. The predicted molar refractivity (Wildman–Crippen MR) is 157 cm³/mol. The molecule has 1 heterocycles. The minimum absolute atomic E-state index is 0.149. The molecule has 0 atom stereocenters. The van der Waals surface area contributed by atoms with E-state index in [4.69, 9.17) is 0 Å². The molecule has 39 heavy (non-hydrogen) atoms. The first-order chi connectivity index (χ1) is 19.0. The minimum atomic E-state index is -0.254. The third-order valence-corrected chi connectivity index (χ3v) is 8.01. The second kappa shape index (κ2) is 12.1. The lowest BCUT2D eigenvalue weighted by molar-refractivity contribution is -0.132. The molecule has 0 aromatic heterocycles. The Morgan fingerprint density at radius 2 is 1.44 bits per heavy atom. The van der Waals surface area contributed by atoms with E-state index < -0.39 is 0 Å². The molecule has 0 saturated carbocycles. The van der Waals surface area contributed by atoms with Crippen LogP contribution in [0.25, 0.3) is 11.1 Å². The van der Waals surface area contributed by atoms with E-state index in [0.29, 0.717) is 32.5 Å². The second-order valence-electron chi connectivity index (χ2n) is 10.3. The van der Waals surface area contributed by atoms with Crippen LogP contribution in [0.1, 0.15) is 36.0 Å². The van der Waals surface area contributed by atoms with Crippen molar-refractivity contribution in [1.82, 2.24) is 10.2 Å². The zero-order valence-corrected chi connectivity index (χ0v) is 22.3. The first kappa shape index (κ1) is 26.4. The zero-order valence-electron chi connectivity index (χ0n) is 22.3. The van der Waals surface area contributed by atoms with Crippen LogP contribution in [0.2, 0.25) is 0 Å². The van der Waals surface area contributed by atoms with Crippen molar-refractivity contribution in [2.75, 3.05) is 13.1 Å². The fourth-order valence-electron chi connectivity index (χ4n) is 5.67. The number of allylic oxidation sites excluding steroid dienone is 1. The van der Waals surface area contributed by atoms with Gasteiger partial charge >= 0.3 is 0 Å². The maximum Gasteiger partial charge on any atom is 0.222 e. The van der Waals surface area contributed by atoms with Crippen molar-refractivity contribution in [3.05, 3.63) is 144 Å². The second-order valence-corrected chi connectivity index (χ2v) is 10.3. The van der Waals surface area contributed by atoms with E-state index in [1.807, 2.05) is 17.0 Å². The van der Waals surface area contributed by atoms with Gasteiger partial charge in [-0.3, -0.25) is 4.79 Å². The highest BCUT2D eigenvalue weighted by Gasteiger charge is 2.39. The summed E-state index contributed by atoms with van der Waals surface area (Å²) < 4.78 is 13.2. The van der Waals surface area contributed by atoms with E-state index >= 15 is 0 Å². The number of aryl methyl sites for hydroxylation is 1. The Morgan fingerprint density at radius 1 is 0.821 bits per heavy atom. The first-order valence-corrected chi connectivity index (χ1v) is 13.7. The number of halogens is 1. The molecular formula is C35H35FN2O. The van der Waals surface area contributed by atoms with Crippen LogP contribution in [0, 0.1) is 5.82 Å². The lowest BCUT2D eigenvalue weighted by Gasteiger charge is -2.44. The van der Waals surface area contributed by atoms with E-state index in [0.717, 1.165) is 24.1 Å². The Kier molecular flexibility index (Phi) is 8.21. The summed E-state index contributed by atoms with van der Waals surface area (Å²) >= 11 is 0. The highest BCUT2D eigenvalue weighted by molar-refractivity contribution is 5.76. The molecule has 1 N–H and O–H groups in total. The normalized spacial score (nSPS) is 14.5. The highest BCUT2D eigenvalue weighted by Crippen LogP contribution is 2.40. The summed E-state index contributed by atoms with van der Waals surface area (Å²) in [5, 5.41) is 3.68. The molecule has 4 aromatic rings. The Hall–Kier alpha value is -4.18. The molecule has 1 aliphatic heterocycles. The van der Waals surface area contributed by atoms with Crippen LogP contribution in [0.5, 0.6) is 0 Å². The average Bonchev–Trinajstić information content (AvgIpc) is 3.00. The zero-order chi connectivity index (χ0) is 27.1. The standard InChI is InChI=1S/C35H35FN2O/c1-27(37-26-30-12-8-9-15-33(30)29-10-4-2-5-11-29)35(31-13-6-3-7-14-31)22-24-38(25-23-35)34(39)21-18-28-16-19-32(36)20-17-28/h2-17,19-20,37H,1,18,21-26H2. The molecule has 3 nitrogen and oxygen atoms in total. The van der Waals surface area contributed by atoms with Crippen molar-refractivity contribution in [2.24, 2.45) is 0 Å². The maximum atomic E-state index is 13.2. The van der Waals surface area contributed by atoms with Gasteiger partial charge in [-0.15, -0.1) is 0 Å². The quantitative estimate of drug-likeness (QED) is 0.252. The van der Waals surface area contributed by atoms with Gasteiger partial charge in [0.05, 0.1) is 0 Å². The van der Waals surface area contributed by atoms with Gasteiger partial charge in [0.1, 0.15) is 5.82 Å². The summed E-state index contributed by atoms with van der Waals surface area (Å²) in [7, 11) is 0. The molecule has 1 amide bonds. The molecule has 0 unspecified atom stereocenters. The topological polar surface area (TPSA) is 32.3 Å². The van der Waals surface area contributed by atoms with E-state index in [-0.39, 0.29) is 17.1 Å². The predicted octanol–water partition coefficient (Wildman–Crippen LogP) is 7.29. The Balaban J connectivity index is 1.28. The molecule has 0 aliphatic carbocycles. The first-order valence-electron chi connectivity index (χ1n) is 13.7. The number of carbonyl (C=O) groups excluding carboxylic acids is 1. The third kappa shape index (κ3) is 6.12. The summed E-state index contributed by atoms with van der Waals surface area (Å²) in [5.74, 6) is -0.105. The summed E-state index contributed by atoms with van der Waals surface area (Å²) in [6.45, 7) is 6.59. The summed E-state index contributed by atoms with van der Waals surface area (Å²) in [6.07, 6.45) is 2.67. The van der Waals surface area contributed by atoms with Crippen molar-refractivity contribution in [3.8, 4) is 11.1 Å². The summed E-state index contributed by atoms with van der Waals surface area (Å²) in [6, 6.07) is 35.9. The molecule has 0 bridgehead atoms. The minimum Gasteiger partial charge on any atom is -0.384 e. The largest absolute Gasteiger partial charge is 0.384 e. The van der Waals surface area contributed by atoms with E-state index in [1.54, 1.807) is 12.1 Å². The number of piperidine rings is 1. The molecule has 1 aliphatic rings. The molecule has 4 aromatic carbocycles. The Labute approximate surface area is 231 Å². The van der Waals surface area contributed by atoms with Gasteiger partial charge in [-0.2, -0.15) is 0 Å². The SMILES string of the molecule is C=C(NCc1ccccc1-c1ccccc1)C1(c2ccccc2)CCN(C(=O)CCc2ccc(F)cc2)CC1. The van der Waals surface area contributed by atoms with E-state index in [1.165, 1.54) is 34.4 Å². The van der Waals surface area contributed by atoms with Crippen LogP contribution in [0.4, 0.5) is 4.39 Å². The van der Waals surface area contributed by atoms with Gasteiger partial charge in [0, 0.05) is 37.2 Å². The molecule has 1 fully saturated rings. The molecule has 198 valence electrons. The molecule has 0 radical (unpaired) electrons. The van der Waals surface area contributed by atoms with Gasteiger partial charge in [-0.05, 0) is 59.2 Å². The molecule has 1 saturated heterocycles. The van der Waals surface area contributed by atoms with Crippen molar-refractivity contribution in [3.63, 3.8) is 0 Å². The number of likely N-dealkylation sites (tertiary alicyclic amines) is 1. The van der Waals surface area contributed by atoms with E-state index in [2.05, 4.69) is 84.7 Å². The van der Waals surface area contributed by atoms with Gasteiger partial charge in [-0.1, -0.05) is 104 Å². The average molecular weight is 519 g/mol. The van der Waals surface area contributed by atoms with Gasteiger partial charge < -0.3 is 10.2 Å². The van der Waals surface area contributed by atoms with Crippen LogP contribution in [-0.2, 0) is 23.2 Å². The van der Waals surface area contributed by atoms with Gasteiger partial charge in [0.2, 0.25) is 5.91 Å². The number of nitrogens with zero attached hydrogens (tertiary/aromatic N) is 1. The third-order valence-electron chi connectivity index (χ3n) is 8.01. The van der Waals surface area contributed by atoms with Crippen LogP contribution in [0.15, 0.2) is 121 Å². The monoisotopic (exact) mass is 518 g/mol. The summed E-state index contributed by atoms with van der Waals surface area (Å²) in [5.41, 5.74) is 6.60. The number of nitrogens with one attached hydrogen (secondary N) is 1. The Bertz CT molecular complexity index is 1390. The highest BCUT2D eigenvalue weighted by atomic mass is 19.1. The van der Waals surface area contributed by atoms with Crippen LogP contribution in [-0.4, -0.2) is 23.9 Å². The fourth-order valence-corrected chi connectivity index (χ4v) is 5.67. The number of amides is 1. The van der Waals surface area contributed by atoms with Gasteiger partial charge in [0.15, 0.2) is 0 Å². The van der Waals surface area contributed by atoms with Crippen molar-refractivity contribution < 1.29 is 9.18 Å². The van der Waals surface area contributed by atoms with Gasteiger partial charge in [-0.25, -0.2) is 4.39 Å². The van der Waals surface area contributed by atoms with Crippen molar-refractivity contribution in [2.45, 2.75) is 37.6 Å². The van der Waals surface area contributed by atoms with Crippen LogP contribution >= 0.6 is 0 Å². The van der Waals surface area contributed by atoms with E-state index in [9.17, 15) is 9.18 Å². The van der Waals surface area contributed by atoms with Crippen LogP contribution in [0.3, 0.4) is 0 Å². The van der Waals surface area contributed by atoms with Crippen LogP contribution < -0.4 is 5.32 Å². The molecule has 5 rings (SSSR count). The smallest absolute Gasteiger partial charge is 0.222 e. The lowest BCUT2D eigenvalue weighted by Crippen LogP contribution is -2.48. The maximum absolute atomic E-state index is 13.2. The Morgan fingerprint density at radius 3 is 2.13 bits per heavy atom. The molecular weight excluding hydrogens is 483 g/mol. The number of hydrogen-bond donors (Lipinski definition) is 1. The number of benzene rings is 4. The number of carbonyl (C=O) groups is 1. The van der Waals surface area contributed by atoms with Crippen molar-refractivity contribution in [1.29, 1.82) is 0 Å². The number of rotatable bonds is 9. The lowest BCUT2D eigenvalue weighted by atomic mass is 9.70. The summed E-state index contributed by atoms with van der Waals surface area (Å²) in [4.78, 5) is 15.0. The van der Waals surface area contributed by atoms with Gasteiger partial charge in [0.25, 0.3) is 0 Å².